The van der Waals surface area contributed by atoms with Gasteiger partial charge in [-0.25, -0.2) is 4.98 Å². The van der Waals surface area contributed by atoms with Crippen molar-refractivity contribution in [1.82, 2.24) is 9.38 Å². The predicted molar refractivity (Wildman–Crippen MR) is 57.5 cm³/mol. The SMILES string of the molecule is ClCc1cn2cc(Br)cc(Cl)c2n1. The van der Waals surface area contributed by atoms with E-state index >= 15 is 0 Å². The minimum Gasteiger partial charge on any atom is -0.304 e. The van der Waals surface area contributed by atoms with E-state index in [0.29, 0.717) is 10.9 Å². The lowest BCUT2D eigenvalue weighted by Gasteiger charge is -1.96. The summed E-state index contributed by atoms with van der Waals surface area (Å²) >= 11 is 15.0. The summed E-state index contributed by atoms with van der Waals surface area (Å²) in [6, 6.07) is 1.81. The van der Waals surface area contributed by atoms with Gasteiger partial charge in [-0.1, -0.05) is 11.6 Å². The summed E-state index contributed by atoms with van der Waals surface area (Å²) in [4.78, 5) is 4.25. The van der Waals surface area contributed by atoms with Gasteiger partial charge in [0, 0.05) is 16.9 Å². The first kappa shape index (κ1) is 9.31. The van der Waals surface area contributed by atoms with Crippen molar-refractivity contribution in [2.75, 3.05) is 0 Å². The summed E-state index contributed by atoms with van der Waals surface area (Å²) in [5, 5.41) is 0.616. The molecule has 0 aromatic carbocycles. The molecule has 0 unspecified atom stereocenters. The molecule has 0 saturated carbocycles. The van der Waals surface area contributed by atoms with E-state index in [1.165, 1.54) is 0 Å². The smallest absolute Gasteiger partial charge is 0.155 e. The number of aromatic nitrogens is 2. The predicted octanol–water partition coefficient (Wildman–Crippen LogP) is 3.49. The second-order valence-electron chi connectivity index (χ2n) is 2.60. The van der Waals surface area contributed by atoms with Crippen LogP contribution in [0, 0.1) is 0 Å². The third kappa shape index (κ3) is 1.68. The molecule has 13 heavy (non-hydrogen) atoms. The summed E-state index contributed by atoms with van der Waals surface area (Å²) in [5.74, 6) is 0.398. The van der Waals surface area contributed by atoms with Crippen molar-refractivity contribution in [2.45, 2.75) is 5.88 Å². The van der Waals surface area contributed by atoms with Crippen LogP contribution in [0.4, 0.5) is 0 Å². The minimum atomic E-state index is 0.398. The first-order valence-corrected chi connectivity index (χ1v) is 5.30. The molecule has 0 aliphatic heterocycles. The fourth-order valence-corrected chi connectivity index (χ4v) is 2.11. The van der Waals surface area contributed by atoms with Gasteiger partial charge in [-0.15, -0.1) is 11.6 Å². The van der Waals surface area contributed by atoms with Crippen molar-refractivity contribution in [2.24, 2.45) is 0 Å². The minimum absolute atomic E-state index is 0.398. The van der Waals surface area contributed by atoms with E-state index in [9.17, 15) is 0 Å². The zero-order valence-electron chi connectivity index (χ0n) is 6.47. The molecule has 68 valence electrons. The number of nitrogens with zero attached hydrogens (tertiary/aromatic N) is 2. The molecule has 0 spiro atoms. The number of hydrogen-bond acceptors (Lipinski definition) is 1. The van der Waals surface area contributed by atoms with Gasteiger partial charge in [0.05, 0.1) is 16.6 Å². The molecule has 0 saturated heterocycles. The van der Waals surface area contributed by atoms with Crippen LogP contribution in [0.1, 0.15) is 5.69 Å². The molecule has 2 nitrogen and oxygen atoms in total. The van der Waals surface area contributed by atoms with Crippen LogP contribution in [-0.2, 0) is 5.88 Å². The molecule has 0 aliphatic rings. The Hall–Kier alpha value is -0.250. The summed E-state index contributed by atoms with van der Waals surface area (Å²) in [6.07, 6.45) is 3.75. The molecule has 0 atom stereocenters. The van der Waals surface area contributed by atoms with Crippen LogP contribution in [0.3, 0.4) is 0 Å². The molecular weight excluding hydrogens is 275 g/mol. The van der Waals surface area contributed by atoms with Crippen molar-refractivity contribution >= 4 is 44.8 Å². The zero-order chi connectivity index (χ0) is 9.42. The fourth-order valence-electron chi connectivity index (χ4n) is 1.14. The summed E-state index contributed by atoms with van der Waals surface area (Å²) in [5.41, 5.74) is 1.56. The topological polar surface area (TPSA) is 17.3 Å². The van der Waals surface area contributed by atoms with Gasteiger partial charge in [-0.2, -0.15) is 0 Å². The van der Waals surface area contributed by atoms with Crippen molar-refractivity contribution in [3.8, 4) is 0 Å². The van der Waals surface area contributed by atoms with E-state index in [1.807, 2.05) is 22.9 Å². The number of alkyl halides is 1. The maximum Gasteiger partial charge on any atom is 0.155 e. The highest BCUT2D eigenvalue weighted by atomic mass is 79.9. The third-order valence-electron chi connectivity index (χ3n) is 1.66. The molecule has 0 fully saturated rings. The molecule has 0 amide bonds. The van der Waals surface area contributed by atoms with Crippen LogP contribution in [0.5, 0.6) is 0 Å². The van der Waals surface area contributed by atoms with Crippen molar-refractivity contribution in [3.05, 3.63) is 33.6 Å². The first-order chi connectivity index (χ1) is 6.20. The molecule has 2 aromatic rings. The first-order valence-electron chi connectivity index (χ1n) is 3.59. The number of fused-ring (bicyclic) bond motifs is 1. The van der Waals surface area contributed by atoms with Gasteiger partial charge in [-0.05, 0) is 22.0 Å². The monoisotopic (exact) mass is 278 g/mol. The maximum absolute atomic E-state index is 5.98. The Morgan fingerprint density at radius 1 is 1.46 bits per heavy atom. The largest absolute Gasteiger partial charge is 0.304 e. The maximum atomic E-state index is 5.98. The van der Waals surface area contributed by atoms with Gasteiger partial charge in [0.2, 0.25) is 0 Å². The van der Waals surface area contributed by atoms with Crippen molar-refractivity contribution in [1.29, 1.82) is 0 Å². The van der Waals surface area contributed by atoms with E-state index in [-0.39, 0.29) is 0 Å². The lowest BCUT2D eigenvalue weighted by atomic mass is 10.5. The molecule has 2 aromatic heterocycles. The van der Waals surface area contributed by atoms with Gasteiger partial charge in [0.15, 0.2) is 5.65 Å². The fraction of sp³-hybridized carbons (Fsp3) is 0.125. The Bertz CT molecular complexity index is 453. The molecule has 0 N–H and O–H groups in total. The third-order valence-corrected chi connectivity index (χ3v) is 2.65. The second-order valence-corrected chi connectivity index (χ2v) is 4.19. The van der Waals surface area contributed by atoms with E-state index < -0.39 is 0 Å². The van der Waals surface area contributed by atoms with Crippen molar-refractivity contribution < 1.29 is 0 Å². The number of pyridine rings is 1. The van der Waals surface area contributed by atoms with Gasteiger partial charge >= 0.3 is 0 Å². The molecule has 0 bridgehead atoms. The van der Waals surface area contributed by atoms with Crippen LogP contribution in [0.25, 0.3) is 5.65 Å². The van der Waals surface area contributed by atoms with E-state index in [2.05, 4.69) is 20.9 Å². The van der Waals surface area contributed by atoms with Crippen LogP contribution >= 0.6 is 39.1 Å². The Morgan fingerprint density at radius 3 is 2.92 bits per heavy atom. The van der Waals surface area contributed by atoms with Crippen LogP contribution in [-0.4, -0.2) is 9.38 Å². The van der Waals surface area contributed by atoms with Gasteiger partial charge in [0.1, 0.15) is 0 Å². The Kier molecular flexibility index (Phi) is 2.49. The standard InChI is InChI=1S/C8H5BrCl2N2/c9-5-1-7(11)8-12-6(2-10)4-13(8)3-5/h1,3-4H,2H2. The van der Waals surface area contributed by atoms with Gasteiger partial charge in [0.25, 0.3) is 0 Å². The molecule has 2 heterocycles. The average Bonchev–Trinajstić information content (AvgIpc) is 2.47. The molecular formula is C8H5BrCl2N2. The number of halogens is 3. The Morgan fingerprint density at radius 2 is 2.23 bits per heavy atom. The summed E-state index contributed by atoms with van der Waals surface area (Å²) in [7, 11) is 0. The lowest BCUT2D eigenvalue weighted by Crippen LogP contribution is -1.83. The quantitative estimate of drug-likeness (QED) is 0.731. The highest BCUT2D eigenvalue weighted by Crippen LogP contribution is 2.22. The zero-order valence-corrected chi connectivity index (χ0v) is 9.57. The van der Waals surface area contributed by atoms with E-state index in [1.54, 1.807) is 0 Å². The molecule has 5 heteroatoms. The molecule has 0 radical (unpaired) electrons. The van der Waals surface area contributed by atoms with Crippen LogP contribution in [0.2, 0.25) is 5.02 Å². The molecule has 0 aliphatic carbocycles. The Labute approximate surface area is 93.6 Å². The van der Waals surface area contributed by atoms with E-state index in [4.69, 9.17) is 23.2 Å². The summed E-state index contributed by atoms with van der Waals surface area (Å²) in [6.45, 7) is 0. The van der Waals surface area contributed by atoms with Crippen molar-refractivity contribution in [3.63, 3.8) is 0 Å². The van der Waals surface area contributed by atoms with E-state index in [0.717, 1.165) is 15.8 Å². The number of hydrogen-bond donors (Lipinski definition) is 0. The highest BCUT2D eigenvalue weighted by Gasteiger charge is 2.05. The normalized spacial score (nSPS) is 11.0. The highest BCUT2D eigenvalue weighted by molar-refractivity contribution is 9.10. The lowest BCUT2D eigenvalue weighted by molar-refractivity contribution is 1.17. The number of imidazole rings is 1. The van der Waals surface area contributed by atoms with Gasteiger partial charge < -0.3 is 4.40 Å². The second kappa shape index (κ2) is 3.48. The van der Waals surface area contributed by atoms with Crippen LogP contribution < -0.4 is 0 Å². The molecule has 2 rings (SSSR count). The van der Waals surface area contributed by atoms with Crippen LogP contribution in [0.15, 0.2) is 22.9 Å². The Balaban J connectivity index is 2.75. The summed E-state index contributed by atoms with van der Waals surface area (Å²) < 4.78 is 2.77. The number of rotatable bonds is 1. The van der Waals surface area contributed by atoms with Gasteiger partial charge in [-0.3, -0.25) is 0 Å². The average molecular weight is 280 g/mol.